The first-order chi connectivity index (χ1) is 12.7. The van der Waals surface area contributed by atoms with E-state index in [0.29, 0.717) is 6.61 Å². The molecule has 0 spiro atoms. The van der Waals surface area contributed by atoms with Gasteiger partial charge in [-0.25, -0.2) is 0 Å². The number of carbonyl (C=O) groups excluding carboxylic acids is 1. The highest BCUT2D eigenvalue weighted by Crippen LogP contribution is 2.47. The molecule has 0 bridgehead atoms. The van der Waals surface area contributed by atoms with Crippen molar-refractivity contribution >= 4 is 5.97 Å². The summed E-state index contributed by atoms with van der Waals surface area (Å²) in [7, 11) is 3.10. The van der Waals surface area contributed by atoms with E-state index < -0.39 is 0 Å². The quantitative estimate of drug-likeness (QED) is 0.748. The number of ether oxygens (including phenoxy) is 3. The first-order valence-electron chi connectivity index (χ1n) is 9.04. The monoisotopic (exact) mass is 354 g/mol. The predicted molar refractivity (Wildman–Crippen MR) is 100 cm³/mol. The van der Waals surface area contributed by atoms with Gasteiger partial charge in [0.05, 0.1) is 26.2 Å². The van der Waals surface area contributed by atoms with Crippen LogP contribution in [0.1, 0.15) is 36.5 Å². The average molecular weight is 354 g/mol. The van der Waals surface area contributed by atoms with Crippen molar-refractivity contribution in [2.24, 2.45) is 11.8 Å². The molecular formula is C22H26O4. The molecule has 2 aromatic rings. The van der Waals surface area contributed by atoms with Crippen molar-refractivity contribution in [3.63, 3.8) is 0 Å². The Morgan fingerprint density at radius 2 is 1.73 bits per heavy atom. The van der Waals surface area contributed by atoms with E-state index >= 15 is 0 Å². The molecule has 0 N–H and O–H groups in total. The lowest BCUT2D eigenvalue weighted by molar-refractivity contribution is -0.152. The molecule has 1 heterocycles. The van der Waals surface area contributed by atoms with E-state index in [1.165, 1.54) is 12.7 Å². The van der Waals surface area contributed by atoms with E-state index in [9.17, 15) is 4.79 Å². The first-order valence-corrected chi connectivity index (χ1v) is 9.04. The van der Waals surface area contributed by atoms with Gasteiger partial charge in [0, 0.05) is 12.5 Å². The SMILES string of the molecule is COC(=O)[C@H](C)[C@@H]1[C@@H](c2ccc(OC)cc2)OCC[C@H]1c1ccccc1. The molecule has 1 aliphatic heterocycles. The number of carbonyl (C=O) groups is 1. The molecule has 2 aromatic carbocycles. The highest BCUT2D eigenvalue weighted by atomic mass is 16.5. The van der Waals surface area contributed by atoms with Gasteiger partial charge in [-0.3, -0.25) is 4.79 Å². The molecule has 1 aliphatic rings. The van der Waals surface area contributed by atoms with Crippen molar-refractivity contribution in [1.82, 2.24) is 0 Å². The van der Waals surface area contributed by atoms with Gasteiger partial charge in [0.1, 0.15) is 5.75 Å². The second-order valence-electron chi connectivity index (χ2n) is 6.76. The van der Waals surface area contributed by atoms with E-state index in [-0.39, 0.29) is 29.8 Å². The van der Waals surface area contributed by atoms with Crippen LogP contribution in [0.5, 0.6) is 5.75 Å². The molecule has 4 heteroatoms. The van der Waals surface area contributed by atoms with Crippen LogP contribution in [0.2, 0.25) is 0 Å². The number of methoxy groups -OCH3 is 2. The molecule has 0 saturated carbocycles. The molecule has 0 amide bonds. The molecule has 0 aromatic heterocycles. The summed E-state index contributed by atoms with van der Waals surface area (Å²) in [5.74, 6) is 0.595. The van der Waals surface area contributed by atoms with Crippen molar-refractivity contribution in [1.29, 1.82) is 0 Å². The lowest BCUT2D eigenvalue weighted by Crippen LogP contribution is -2.37. The van der Waals surface area contributed by atoms with Gasteiger partial charge in [0.2, 0.25) is 0 Å². The topological polar surface area (TPSA) is 44.8 Å². The Morgan fingerprint density at radius 1 is 1.04 bits per heavy atom. The normalized spacial score (nSPS) is 23.9. The zero-order valence-electron chi connectivity index (χ0n) is 15.6. The number of rotatable bonds is 5. The Morgan fingerprint density at radius 3 is 2.35 bits per heavy atom. The lowest BCUT2D eigenvalue weighted by Gasteiger charge is -2.41. The van der Waals surface area contributed by atoms with Crippen LogP contribution in [0.15, 0.2) is 54.6 Å². The second-order valence-corrected chi connectivity index (χ2v) is 6.76. The molecule has 0 aliphatic carbocycles. The Bertz CT molecular complexity index is 711. The van der Waals surface area contributed by atoms with Crippen LogP contribution in [0.3, 0.4) is 0 Å². The van der Waals surface area contributed by atoms with E-state index in [0.717, 1.165) is 17.7 Å². The van der Waals surface area contributed by atoms with Crippen LogP contribution in [0, 0.1) is 11.8 Å². The Hall–Kier alpha value is -2.33. The van der Waals surface area contributed by atoms with Crippen LogP contribution < -0.4 is 4.74 Å². The largest absolute Gasteiger partial charge is 0.497 e. The maximum Gasteiger partial charge on any atom is 0.308 e. The second kappa shape index (κ2) is 8.37. The van der Waals surface area contributed by atoms with Crippen molar-refractivity contribution in [3.8, 4) is 5.75 Å². The number of hydrogen-bond acceptors (Lipinski definition) is 4. The van der Waals surface area contributed by atoms with Gasteiger partial charge >= 0.3 is 5.97 Å². The molecule has 138 valence electrons. The van der Waals surface area contributed by atoms with Crippen molar-refractivity contribution < 1.29 is 19.0 Å². The summed E-state index contributed by atoms with van der Waals surface area (Å²) in [4.78, 5) is 12.4. The van der Waals surface area contributed by atoms with Gasteiger partial charge in [-0.15, -0.1) is 0 Å². The zero-order chi connectivity index (χ0) is 18.5. The van der Waals surface area contributed by atoms with Gasteiger partial charge < -0.3 is 14.2 Å². The maximum atomic E-state index is 12.4. The third-order valence-corrected chi connectivity index (χ3v) is 5.36. The standard InChI is InChI=1S/C22H26O4/c1-15(22(23)25-3)20-19(16-7-5-4-6-8-16)13-14-26-21(20)17-9-11-18(24-2)12-10-17/h4-12,15,19-21H,13-14H2,1-3H3/t15-,19+,20+,21-/m1/s1. The van der Waals surface area contributed by atoms with E-state index in [1.807, 2.05) is 49.4 Å². The summed E-state index contributed by atoms with van der Waals surface area (Å²) in [6, 6.07) is 18.3. The summed E-state index contributed by atoms with van der Waals surface area (Å²) in [5, 5.41) is 0. The lowest BCUT2D eigenvalue weighted by atomic mass is 9.71. The van der Waals surface area contributed by atoms with Crippen molar-refractivity contribution in [3.05, 3.63) is 65.7 Å². The Kier molecular flexibility index (Phi) is 5.94. The molecule has 4 nitrogen and oxygen atoms in total. The minimum atomic E-state index is -0.266. The van der Waals surface area contributed by atoms with Gasteiger partial charge in [-0.2, -0.15) is 0 Å². The summed E-state index contributed by atoms with van der Waals surface area (Å²) in [5.41, 5.74) is 2.31. The fraction of sp³-hybridized carbons (Fsp3) is 0.409. The van der Waals surface area contributed by atoms with Gasteiger partial charge in [-0.1, -0.05) is 49.4 Å². The molecule has 26 heavy (non-hydrogen) atoms. The highest BCUT2D eigenvalue weighted by Gasteiger charge is 2.42. The summed E-state index contributed by atoms with van der Waals surface area (Å²) in [6.45, 7) is 2.61. The van der Waals surface area contributed by atoms with E-state index in [2.05, 4.69) is 12.1 Å². The van der Waals surface area contributed by atoms with Crippen molar-refractivity contribution in [2.45, 2.75) is 25.4 Å². The van der Waals surface area contributed by atoms with Crippen LogP contribution >= 0.6 is 0 Å². The molecule has 4 atom stereocenters. The third-order valence-electron chi connectivity index (χ3n) is 5.36. The highest BCUT2D eigenvalue weighted by molar-refractivity contribution is 5.72. The maximum absolute atomic E-state index is 12.4. The fourth-order valence-electron chi connectivity index (χ4n) is 3.99. The molecular weight excluding hydrogens is 328 g/mol. The number of esters is 1. The fourth-order valence-corrected chi connectivity index (χ4v) is 3.99. The molecule has 3 rings (SSSR count). The first kappa shape index (κ1) is 18.5. The Labute approximate surface area is 155 Å². The summed E-state index contributed by atoms with van der Waals surface area (Å²) in [6.07, 6.45) is 0.733. The van der Waals surface area contributed by atoms with Gasteiger partial charge in [0.15, 0.2) is 0 Å². The van der Waals surface area contributed by atoms with Crippen LogP contribution in [-0.4, -0.2) is 26.8 Å². The van der Waals surface area contributed by atoms with Crippen molar-refractivity contribution in [2.75, 3.05) is 20.8 Å². The predicted octanol–water partition coefficient (Wildman–Crippen LogP) is 4.37. The summed E-state index contributed by atoms with van der Waals surface area (Å²) >= 11 is 0. The Balaban J connectivity index is 1.98. The summed E-state index contributed by atoms with van der Waals surface area (Å²) < 4.78 is 16.5. The molecule has 0 unspecified atom stereocenters. The molecule has 1 fully saturated rings. The van der Waals surface area contributed by atoms with Gasteiger partial charge in [-0.05, 0) is 35.6 Å². The van der Waals surface area contributed by atoms with Crippen LogP contribution in [-0.2, 0) is 14.3 Å². The van der Waals surface area contributed by atoms with Gasteiger partial charge in [0.25, 0.3) is 0 Å². The zero-order valence-corrected chi connectivity index (χ0v) is 15.6. The molecule has 1 saturated heterocycles. The van der Waals surface area contributed by atoms with E-state index in [1.54, 1.807) is 7.11 Å². The average Bonchev–Trinajstić information content (AvgIpc) is 2.72. The minimum absolute atomic E-state index is 0.00648. The third kappa shape index (κ3) is 3.75. The smallest absolute Gasteiger partial charge is 0.308 e. The van der Waals surface area contributed by atoms with E-state index in [4.69, 9.17) is 14.2 Å². The number of benzene rings is 2. The number of hydrogen-bond donors (Lipinski definition) is 0. The molecule has 0 radical (unpaired) electrons. The minimum Gasteiger partial charge on any atom is -0.497 e. The van der Waals surface area contributed by atoms with Crippen LogP contribution in [0.4, 0.5) is 0 Å². The van der Waals surface area contributed by atoms with Crippen LogP contribution in [0.25, 0.3) is 0 Å².